The quantitative estimate of drug-likeness (QED) is 0.455. The molecule has 2 aromatic rings. The minimum absolute atomic E-state index is 0.189. The summed E-state index contributed by atoms with van der Waals surface area (Å²) < 4.78 is 6.75. The molecule has 1 aliphatic heterocycles. The van der Waals surface area contributed by atoms with Crippen molar-refractivity contribution in [2.45, 2.75) is 24.8 Å². The van der Waals surface area contributed by atoms with E-state index in [9.17, 15) is 0 Å². The molecule has 0 N–H and O–H groups in total. The third-order valence-electron chi connectivity index (χ3n) is 3.45. The van der Waals surface area contributed by atoms with Gasteiger partial charge in [0.05, 0.1) is 10.4 Å². The highest BCUT2D eigenvalue weighted by molar-refractivity contribution is 14.1. The molecule has 1 heterocycles. The molecule has 2 aromatic carbocycles. The van der Waals surface area contributed by atoms with E-state index >= 15 is 0 Å². The number of fused-ring (bicyclic) bond motifs is 1. The Bertz CT molecular complexity index is 657. The van der Waals surface area contributed by atoms with Gasteiger partial charge in [-0.15, -0.1) is 11.6 Å². The van der Waals surface area contributed by atoms with E-state index in [4.69, 9.17) is 27.9 Å². The normalized spacial score (nSPS) is 18.5. The molecule has 2 atom stereocenters. The van der Waals surface area contributed by atoms with Gasteiger partial charge in [0.2, 0.25) is 0 Å². The molecular formula is C16H13Cl2IO. The molecule has 3 rings (SSSR count). The first-order valence-corrected chi connectivity index (χ1v) is 8.32. The van der Waals surface area contributed by atoms with Crippen molar-refractivity contribution in [3.8, 4) is 5.75 Å². The van der Waals surface area contributed by atoms with Crippen LogP contribution in [0.4, 0.5) is 0 Å². The summed E-state index contributed by atoms with van der Waals surface area (Å²) in [5, 5.41) is 0.553. The first-order valence-electron chi connectivity index (χ1n) is 6.43. The van der Waals surface area contributed by atoms with Gasteiger partial charge in [0.25, 0.3) is 0 Å². The van der Waals surface area contributed by atoms with Gasteiger partial charge in [0.1, 0.15) is 11.9 Å². The number of rotatable bonds is 2. The Morgan fingerprint density at radius 1 is 1.20 bits per heavy atom. The fourth-order valence-corrected chi connectivity index (χ4v) is 3.26. The molecule has 104 valence electrons. The van der Waals surface area contributed by atoms with Crippen LogP contribution in [0.2, 0.25) is 5.02 Å². The monoisotopic (exact) mass is 418 g/mol. The Labute approximate surface area is 142 Å². The topological polar surface area (TPSA) is 9.23 Å². The maximum absolute atomic E-state index is 6.59. The van der Waals surface area contributed by atoms with Gasteiger partial charge in [-0.3, -0.25) is 0 Å². The summed E-state index contributed by atoms with van der Waals surface area (Å²) >= 11 is 15.0. The van der Waals surface area contributed by atoms with Gasteiger partial charge in [-0.25, -0.2) is 0 Å². The van der Waals surface area contributed by atoms with E-state index < -0.39 is 0 Å². The second kappa shape index (κ2) is 5.74. The lowest BCUT2D eigenvalue weighted by Gasteiger charge is -2.12. The summed E-state index contributed by atoms with van der Waals surface area (Å²) in [6.07, 6.45) is 1.20. The predicted molar refractivity (Wildman–Crippen MR) is 92.1 cm³/mol. The minimum Gasteiger partial charge on any atom is -0.490 e. The van der Waals surface area contributed by atoms with Crippen LogP contribution in [-0.4, -0.2) is 6.10 Å². The molecule has 0 spiro atoms. The summed E-state index contributed by atoms with van der Waals surface area (Å²) in [6, 6.07) is 12.1. The molecule has 4 heteroatoms. The van der Waals surface area contributed by atoms with Crippen molar-refractivity contribution in [2.75, 3.05) is 0 Å². The van der Waals surface area contributed by atoms with Crippen LogP contribution in [0.3, 0.4) is 0 Å². The molecule has 1 aliphatic rings. The smallest absolute Gasteiger partial charge is 0.123 e. The van der Waals surface area contributed by atoms with E-state index in [1.807, 2.05) is 30.3 Å². The summed E-state index contributed by atoms with van der Waals surface area (Å²) in [6.45, 7) is 2.08. The fraction of sp³-hybridized carbons (Fsp3) is 0.250. The largest absolute Gasteiger partial charge is 0.490 e. The van der Waals surface area contributed by atoms with Crippen LogP contribution in [0.1, 0.15) is 29.0 Å². The maximum Gasteiger partial charge on any atom is 0.123 e. The lowest BCUT2D eigenvalue weighted by molar-refractivity contribution is 0.254. The third-order valence-corrected chi connectivity index (χ3v) is 5.53. The van der Waals surface area contributed by atoms with Crippen LogP contribution in [0.15, 0.2) is 36.4 Å². The van der Waals surface area contributed by atoms with Crippen LogP contribution in [0.25, 0.3) is 0 Å². The molecule has 0 fully saturated rings. The zero-order chi connectivity index (χ0) is 14.3. The Hall–Kier alpha value is -0.450. The van der Waals surface area contributed by atoms with Gasteiger partial charge in [-0.2, -0.15) is 0 Å². The highest BCUT2D eigenvalue weighted by Gasteiger charge is 2.21. The Balaban J connectivity index is 1.93. The molecule has 0 amide bonds. The van der Waals surface area contributed by atoms with Crippen molar-refractivity contribution in [3.63, 3.8) is 0 Å². The van der Waals surface area contributed by atoms with E-state index in [2.05, 4.69) is 35.6 Å². The maximum atomic E-state index is 6.59. The molecule has 20 heavy (non-hydrogen) atoms. The van der Waals surface area contributed by atoms with Gasteiger partial charge in [-0.1, -0.05) is 29.8 Å². The number of benzene rings is 2. The number of halogens is 3. The Kier molecular flexibility index (Phi) is 4.16. The first kappa shape index (κ1) is 14.5. The van der Waals surface area contributed by atoms with Crippen molar-refractivity contribution < 1.29 is 4.74 Å². The molecular weight excluding hydrogens is 406 g/mol. The third kappa shape index (κ3) is 2.78. The standard InChI is InChI=1S/C16H13Cl2IO/c1-9-6-12-7-10(3-5-15(12)20-9)16(18)11-2-4-14(19)13(17)8-11/h2-5,7-9,16H,6H2,1H3. The second-order valence-corrected chi connectivity index (χ2v) is 7.04. The predicted octanol–water partition coefficient (Wildman–Crippen LogP) is 5.60. The van der Waals surface area contributed by atoms with Gasteiger partial charge in [0, 0.05) is 9.99 Å². The van der Waals surface area contributed by atoms with Crippen LogP contribution in [0, 0.1) is 3.57 Å². The average Bonchev–Trinajstić information content (AvgIpc) is 2.80. The van der Waals surface area contributed by atoms with Crippen LogP contribution < -0.4 is 4.74 Å². The van der Waals surface area contributed by atoms with Crippen molar-refractivity contribution in [1.29, 1.82) is 0 Å². The van der Waals surface area contributed by atoms with E-state index in [1.54, 1.807) is 0 Å². The highest BCUT2D eigenvalue weighted by atomic mass is 127. The highest BCUT2D eigenvalue weighted by Crippen LogP contribution is 2.36. The summed E-state index contributed by atoms with van der Waals surface area (Å²) in [5.74, 6) is 0.978. The van der Waals surface area contributed by atoms with Gasteiger partial charge in [-0.05, 0) is 64.4 Å². The summed E-state index contributed by atoms with van der Waals surface area (Å²) in [5.41, 5.74) is 3.33. The number of ether oxygens (including phenoxy) is 1. The van der Waals surface area contributed by atoms with Crippen LogP contribution >= 0.6 is 45.8 Å². The number of hydrogen-bond donors (Lipinski definition) is 0. The Morgan fingerprint density at radius 2 is 1.90 bits per heavy atom. The SMILES string of the molecule is CC1Cc2cc(C(Cl)c3ccc(I)c(Cl)c3)ccc2O1. The Morgan fingerprint density at radius 3 is 2.65 bits per heavy atom. The van der Waals surface area contributed by atoms with E-state index in [1.165, 1.54) is 5.56 Å². The molecule has 2 unspecified atom stereocenters. The average molecular weight is 419 g/mol. The lowest BCUT2D eigenvalue weighted by atomic mass is 10.0. The lowest BCUT2D eigenvalue weighted by Crippen LogP contribution is -2.05. The molecule has 0 aromatic heterocycles. The molecule has 0 aliphatic carbocycles. The zero-order valence-electron chi connectivity index (χ0n) is 10.9. The van der Waals surface area contributed by atoms with Crippen molar-refractivity contribution in [2.24, 2.45) is 0 Å². The second-order valence-electron chi connectivity index (χ2n) is 5.04. The molecule has 0 bridgehead atoms. The zero-order valence-corrected chi connectivity index (χ0v) is 14.5. The minimum atomic E-state index is -0.189. The molecule has 0 radical (unpaired) electrons. The van der Waals surface area contributed by atoms with Crippen molar-refractivity contribution in [1.82, 2.24) is 0 Å². The number of hydrogen-bond acceptors (Lipinski definition) is 1. The number of alkyl halides is 1. The molecule has 1 nitrogen and oxygen atoms in total. The summed E-state index contributed by atoms with van der Waals surface area (Å²) in [4.78, 5) is 0. The molecule has 0 saturated heterocycles. The van der Waals surface area contributed by atoms with Gasteiger partial charge >= 0.3 is 0 Å². The van der Waals surface area contributed by atoms with Crippen molar-refractivity contribution >= 4 is 45.8 Å². The van der Waals surface area contributed by atoms with E-state index in [-0.39, 0.29) is 11.5 Å². The van der Waals surface area contributed by atoms with Gasteiger partial charge in [0.15, 0.2) is 0 Å². The van der Waals surface area contributed by atoms with Crippen LogP contribution in [-0.2, 0) is 6.42 Å². The van der Waals surface area contributed by atoms with Crippen LogP contribution in [0.5, 0.6) is 5.75 Å². The van der Waals surface area contributed by atoms with E-state index in [0.29, 0.717) is 0 Å². The molecule has 0 saturated carbocycles. The van der Waals surface area contributed by atoms with E-state index in [0.717, 1.165) is 31.9 Å². The fourth-order valence-electron chi connectivity index (χ4n) is 2.46. The van der Waals surface area contributed by atoms with Crippen molar-refractivity contribution in [3.05, 3.63) is 61.7 Å². The summed E-state index contributed by atoms with van der Waals surface area (Å²) in [7, 11) is 0. The first-order chi connectivity index (χ1) is 9.54. The van der Waals surface area contributed by atoms with Gasteiger partial charge < -0.3 is 4.74 Å².